The molecule has 2 amide bonds. The van der Waals surface area contributed by atoms with Crippen LogP contribution in [-0.2, 0) is 9.53 Å². The topological polar surface area (TPSA) is 61.9 Å². The summed E-state index contributed by atoms with van der Waals surface area (Å²) in [4.78, 5) is 27.0. The molecule has 3 rings (SSSR count). The van der Waals surface area contributed by atoms with Crippen LogP contribution < -0.4 is 10.4 Å². The molecule has 0 radical (unpaired) electrons. The van der Waals surface area contributed by atoms with E-state index in [4.69, 9.17) is 4.74 Å². The summed E-state index contributed by atoms with van der Waals surface area (Å²) in [6.45, 7) is 4.85. The molecule has 1 aliphatic heterocycles. The Morgan fingerprint density at radius 2 is 1.64 bits per heavy atom. The van der Waals surface area contributed by atoms with Gasteiger partial charge >= 0.3 is 6.09 Å². The normalized spacial score (nSPS) is 16.1. The lowest BCUT2D eigenvalue weighted by Crippen LogP contribution is -2.50. The molecule has 1 aliphatic rings. The number of hydrazine groups is 1. The van der Waals surface area contributed by atoms with Gasteiger partial charge in [-0.3, -0.25) is 20.1 Å². The number of para-hydroxylation sites is 2. The number of ether oxygens (including phenoxy) is 1. The highest BCUT2D eigenvalue weighted by molar-refractivity contribution is 5.88. The van der Waals surface area contributed by atoms with Crippen molar-refractivity contribution >= 4 is 23.4 Å². The largest absolute Gasteiger partial charge is 0.449 e. The number of hydrogen-bond acceptors (Lipinski definition) is 4. The van der Waals surface area contributed by atoms with Crippen molar-refractivity contribution in [1.29, 1.82) is 0 Å². The molecule has 0 aliphatic carbocycles. The molecule has 1 N–H and O–H groups in total. The summed E-state index contributed by atoms with van der Waals surface area (Å²) in [6, 6.07) is 18.7. The first-order chi connectivity index (χ1) is 13.6. The Morgan fingerprint density at radius 3 is 2.18 bits per heavy atom. The van der Waals surface area contributed by atoms with E-state index in [1.165, 1.54) is 4.90 Å². The van der Waals surface area contributed by atoms with E-state index in [1.54, 1.807) is 5.01 Å². The van der Waals surface area contributed by atoms with Gasteiger partial charge in [0.15, 0.2) is 0 Å². The first kappa shape index (κ1) is 19.7. The van der Waals surface area contributed by atoms with Gasteiger partial charge in [-0.15, -0.1) is 0 Å². The fourth-order valence-electron chi connectivity index (χ4n) is 3.20. The molecule has 1 saturated heterocycles. The van der Waals surface area contributed by atoms with Crippen molar-refractivity contribution in [3.05, 3.63) is 60.7 Å². The van der Waals surface area contributed by atoms with E-state index >= 15 is 0 Å². The third-order valence-electron chi connectivity index (χ3n) is 4.58. The molecule has 1 atom stereocenters. The van der Waals surface area contributed by atoms with Gasteiger partial charge in [-0.25, -0.2) is 4.79 Å². The number of carbonyl (C=O) groups is 2. The number of benzene rings is 2. The summed E-state index contributed by atoms with van der Waals surface area (Å²) in [5.74, 6) is 0.0391. The molecule has 6 heteroatoms. The molecule has 2 aromatic carbocycles. The van der Waals surface area contributed by atoms with Gasteiger partial charge in [0.05, 0.1) is 18.0 Å². The van der Waals surface area contributed by atoms with Crippen molar-refractivity contribution in [2.45, 2.75) is 32.7 Å². The Morgan fingerprint density at radius 1 is 1.07 bits per heavy atom. The van der Waals surface area contributed by atoms with Crippen molar-refractivity contribution < 1.29 is 14.3 Å². The summed E-state index contributed by atoms with van der Waals surface area (Å²) in [5, 5.41) is 1.75. The second kappa shape index (κ2) is 9.26. The fraction of sp³-hybridized carbons (Fsp3) is 0.364. The monoisotopic (exact) mass is 381 g/mol. The predicted molar refractivity (Wildman–Crippen MR) is 109 cm³/mol. The molecular formula is C22H27N3O3. The van der Waals surface area contributed by atoms with E-state index in [0.717, 1.165) is 17.8 Å². The van der Waals surface area contributed by atoms with Gasteiger partial charge in [-0.2, -0.15) is 0 Å². The Hall–Kier alpha value is -3.02. The molecule has 0 spiro atoms. The van der Waals surface area contributed by atoms with Crippen molar-refractivity contribution in [2.75, 3.05) is 18.2 Å². The van der Waals surface area contributed by atoms with Crippen LogP contribution in [-0.4, -0.2) is 36.1 Å². The van der Waals surface area contributed by atoms with Crippen LogP contribution in [0, 0.1) is 5.92 Å². The third kappa shape index (κ3) is 4.82. The van der Waals surface area contributed by atoms with Gasteiger partial charge in [0, 0.05) is 6.54 Å². The van der Waals surface area contributed by atoms with Crippen LogP contribution in [0.15, 0.2) is 60.7 Å². The summed E-state index contributed by atoms with van der Waals surface area (Å²) < 4.78 is 5.34. The second-order valence-electron chi connectivity index (χ2n) is 7.30. The van der Waals surface area contributed by atoms with E-state index in [1.807, 2.05) is 74.5 Å². The minimum Gasteiger partial charge on any atom is -0.449 e. The minimum atomic E-state index is -0.533. The van der Waals surface area contributed by atoms with Crippen molar-refractivity contribution in [3.63, 3.8) is 0 Å². The maximum absolute atomic E-state index is 13.1. The molecule has 0 unspecified atom stereocenters. The summed E-state index contributed by atoms with van der Waals surface area (Å²) in [7, 11) is 0. The molecular weight excluding hydrogens is 354 g/mol. The van der Waals surface area contributed by atoms with Crippen LogP contribution in [0.1, 0.15) is 26.7 Å². The summed E-state index contributed by atoms with van der Waals surface area (Å²) >= 11 is 0. The molecule has 0 bridgehead atoms. The Bertz CT molecular complexity index is 741. The van der Waals surface area contributed by atoms with Gasteiger partial charge in [-0.1, -0.05) is 50.2 Å². The highest BCUT2D eigenvalue weighted by atomic mass is 16.6. The number of nitrogens with zero attached hydrogens (tertiary/aromatic N) is 2. The Kier molecular flexibility index (Phi) is 6.53. The number of amides is 2. The van der Waals surface area contributed by atoms with E-state index in [0.29, 0.717) is 19.6 Å². The lowest BCUT2D eigenvalue weighted by Gasteiger charge is -2.29. The van der Waals surface area contributed by atoms with Crippen LogP contribution in [0.5, 0.6) is 0 Å². The number of rotatable bonds is 6. The van der Waals surface area contributed by atoms with Crippen LogP contribution >= 0.6 is 0 Å². The average molecular weight is 381 g/mol. The molecule has 28 heavy (non-hydrogen) atoms. The van der Waals surface area contributed by atoms with Gasteiger partial charge in [0.25, 0.3) is 5.91 Å². The zero-order valence-corrected chi connectivity index (χ0v) is 16.4. The Balaban J connectivity index is 1.75. The fourth-order valence-corrected chi connectivity index (χ4v) is 3.20. The molecule has 0 saturated carbocycles. The molecule has 1 heterocycles. The van der Waals surface area contributed by atoms with E-state index in [9.17, 15) is 9.59 Å². The molecule has 148 valence electrons. The van der Waals surface area contributed by atoms with Crippen molar-refractivity contribution in [1.82, 2.24) is 10.3 Å². The molecule has 1 fully saturated rings. The third-order valence-corrected chi connectivity index (χ3v) is 4.58. The first-order valence-corrected chi connectivity index (χ1v) is 9.70. The van der Waals surface area contributed by atoms with Crippen LogP contribution in [0.25, 0.3) is 0 Å². The average Bonchev–Trinajstić information content (AvgIpc) is 3.21. The first-order valence-electron chi connectivity index (χ1n) is 9.70. The maximum Gasteiger partial charge on any atom is 0.410 e. The van der Waals surface area contributed by atoms with Gasteiger partial charge in [-0.05, 0) is 43.0 Å². The minimum absolute atomic E-state index is 0.216. The highest BCUT2D eigenvalue weighted by Gasteiger charge is 2.36. The van der Waals surface area contributed by atoms with Crippen molar-refractivity contribution in [3.8, 4) is 0 Å². The smallest absolute Gasteiger partial charge is 0.410 e. The van der Waals surface area contributed by atoms with Gasteiger partial charge < -0.3 is 4.74 Å². The predicted octanol–water partition coefficient (Wildman–Crippen LogP) is 4.11. The number of likely N-dealkylation sites (tertiary alicyclic amines) is 1. The van der Waals surface area contributed by atoms with Crippen molar-refractivity contribution in [2.24, 2.45) is 5.92 Å². The number of anilines is 2. The number of nitrogens with one attached hydrogen (secondary N) is 1. The number of hydrogen-bond donors (Lipinski definition) is 1. The van der Waals surface area contributed by atoms with E-state index < -0.39 is 12.1 Å². The Labute approximate surface area is 166 Å². The maximum atomic E-state index is 13.1. The SMILES string of the molecule is CC(C)COC(=O)N1CCC[C@H]1C(=O)NN(c1ccccc1)c1ccccc1. The quantitative estimate of drug-likeness (QED) is 0.765. The summed E-state index contributed by atoms with van der Waals surface area (Å²) in [5.41, 5.74) is 4.67. The number of carbonyl (C=O) groups excluding carboxylic acids is 2. The lowest BCUT2D eigenvalue weighted by atomic mass is 10.2. The molecule has 2 aromatic rings. The summed E-state index contributed by atoms with van der Waals surface area (Å²) in [6.07, 6.45) is 0.989. The zero-order chi connectivity index (χ0) is 19.9. The lowest BCUT2D eigenvalue weighted by molar-refractivity contribution is -0.125. The standard InChI is InChI=1S/C22H27N3O3/c1-17(2)16-28-22(27)24-15-9-14-20(24)21(26)23-25(18-10-5-3-6-11-18)19-12-7-4-8-13-19/h3-8,10-13,17,20H,9,14-16H2,1-2H3,(H,23,26)/t20-/m0/s1. The van der Waals surface area contributed by atoms with Gasteiger partial charge in [0.2, 0.25) is 0 Å². The molecule has 0 aromatic heterocycles. The molecule has 6 nitrogen and oxygen atoms in total. The van der Waals surface area contributed by atoms with E-state index in [-0.39, 0.29) is 11.8 Å². The van der Waals surface area contributed by atoms with Gasteiger partial charge in [0.1, 0.15) is 6.04 Å². The highest BCUT2D eigenvalue weighted by Crippen LogP contribution is 2.24. The van der Waals surface area contributed by atoms with Crippen LogP contribution in [0.2, 0.25) is 0 Å². The van der Waals surface area contributed by atoms with Crippen LogP contribution in [0.3, 0.4) is 0 Å². The second-order valence-corrected chi connectivity index (χ2v) is 7.30. The van der Waals surface area contributed by atoms with Crippen LogP contribution in [0.4, 0.5) is 16.2 Å². The van der Waals surface area contributed by atoms with E-state index in [2.05, 4.69) is 5.43 Å². The zero-order valence-electron chi connectivity index (χ0n) is 16.4.